The highest BCUT2D eigenvalue weighted by Gasteiger charge is 2.21. The Morgan fingerprint density at radius 2 is 1.60 bits per heavy atom. The number of fused-ring (bicyclic) bond motifs is 1. The number of rotatable bonds is 10. The van der Waals surface area contributed by atoms with Gasteiger partial charge in [-0.3, -0.25) is 4.79 Å². The van der Waals surface area contributed by atoms with Crippen LogP contribution in [-0.2, 0) is 40.1 Å². The van der Waals surface area contributed by atoms with Gasteiger partial charge >= 0.3 is 5.97 Å². The summed E-state index contributed by atoms with van der Waals surface area (Å²) in [6, 6.07) is 25.8. The van der Waals surface area contributed by atoms with Crippen molar-refractivity contribution in [2.24, 2.45) is 5.73 Å². The molecular weight excluding hydrogens is 531 g/mol. The van der Waals surface area contributed by atoms with Crippen LogP contribution in [0, 0.1) is 5.82 Å². The maximum atomic E-state index is 15.5. The average Bonchev–Trinajstić information content (AvgIpc) is 3.38. The number of halogens is 1. The van der Waals surface area contributed by atoms with Crippen LogP contribution in [0.15, 0.2) is 97.2 Å². The number of aromatic nitrogens is 1. The third-order valence-electron chi connectivity index (χ3n) is 6.62. The van der Waals surface area contributed by atoms with Crippen molar-refractivity contribution < 1.29 is 27.4 Å². The minimum absolute atomic E-state index is 0.00167. The summed E-state index contributed by atoms with van der Waals surface area (Å²) in [5, 5.41) is 9.81. The van der Waals surface area contributed by atoms with E-state index in [4.69, 9.17) is 10.5 Å². The maximum Gasteiger partial charge on any atom is 0.307 e. The molecule has 5 aromatic rings. The van der Waals surface area contributed by atoms with E-state index in [0.717, 1.165) is 0 Å². The molecule has 0 amide bonds. The number of carboxylic acids is 1. The summed E-state index contributed by atoms with van der Waals surface area (Å²) >= 11 is 0. The zero-order valence-electron chi connectivity index (χ0n) is 21.5. The van der Waals surface area contributed by atoms with Crippen LogP contribution in [0.3, 0.4) is 0 Å². The molecule has 1 aromatic heterocycles. The number of carboxylic acid groups (broad SMARTS) is 1. The van der Waals surface area contributed by atoms with Gasteiger partial charge in [0.2, 0.25) is 10.0 Å². The molecule has 5 rings (SSSR count). The highest BCUT2D eigenvalue weighted by molar-refractivity contribution is 7.89. The number of hydrogen-bond acceptors (Lipinski definition) is 5. The van der Waals surface area contributed by atoms with E-state index in [-0.39, 0.29) is 25.3 Å². The Balaban J connectivity index is 1.62. The summed E-state index contributed by atoms with van der Waals surface area (Å²) in [5.74, 6) is -1.28. The monoisotopic (exact) mass is 558 g/mol. The van der Waals surface area contributed by atoms with Crippen LogP contribution in [-0.4, -0.2) is 23.5 Å². The molecule has 0 fully saturated rings. The summed E-state index contributed by atoms with van der Waals surface area (Å²) < 4.78 is 49.7. The van der Waals surface area contributed by atoms with Gasteiger partial charge in [0, 0.05) is 34.8 Å². The third-order valence-corrected chi connectivity index (χ3v) is 8.24. The van der Waals surface area contributed by atoms with Crippen LogP contribution < -0.4 is 10.5 Å². The summed E-state index contributed by atoms with van der Waals surface area (Å²) in [6.45, 7) is 0.0140. The minimum atomic E-state index is -3.83. The van der Waals surface area contributed by atoms with E-state index >= 15 is 4.39 Å². The molecule has 0 unspecified atom stereocenters. The number of nitrogens with two attached hydrogens (primary N) is 1. The summed E-state index contributed by atoms with van der Waals surface area (Å²) in [6.07, 6.45) is 1.27. The lowest BCUT2D eigenvalue weighted by molar-refractivity contribution is -0.136. The zero-order valence-corrected chi connectivity index (χ0v) is 22.3. The Morgan fingerprint density at radius 1 is 0.875 bits per heavy atom. The van der Waals surface area contributed by atoms with E-state index in [1.165, 1.54) is 10.2 Å². The zero-order chi connectivity index (χ0) is 28.3. The first-order valence-electron chi connectivity index (χ1n) is 12.6. The molecule has 4 aromatic carbocycles. The first kappa shape index (κ1) is 27.1. The van der Waals surface area contributed by atoms with Crippen LogP contribution >= 0.6 is 0 Å². The highest BCUT2D eigenvalue weighted by atomic mass is 32.2. The molecule has 0 atom stereocenters. The van der Waals surface area contributed by atoms with Crippen LogP contribution in [0.25, 0.3) is 22.0 Å². The van der Waals surface area contributed by atoms with E-state index in [1.54, 1.807) is 84.9 Å². The smallest absolute Gasteiger partial charge is 0.307 e. The van der Waals surface area contributed by atoms with Crippen molar-refractivity contribution in [3.8, 4) is 16.9 Å². The first-order valence-corrected chi connectivity index (χ1v) is 14.2. The van der Waals surface area contributed by atoms with Gasteiger partial charge in [-0.05, 0) is 41.0 Å². The Kier molecular flexibility index (Phi) is 7.68. The van der Waals surface area contributed by atoms with Gasteiger partial charge in [0.1, 0.15) is 18.2 Å². The molecule has 7 nitrogen and oxygen atoms in total. The molecule has 40 heavy (non-hydrogen) atoms. The quantitative estimate of drug-likeness (QED) is 0.235. The van der Waals surface area contributed by atoms with E-state index in [1.807, 2.05) is 6.07 Å². The van der Waals surface area contributed by atoms with Gasteiger partial charge in [-0.1, -0.05) is 66.7 Å². The van der Waals surface area contributed by atoms with Crippen LogP contribution in [0.2, 0.25) is 0 Å². The number of carbonyl (C=O) groups is 1. The number of para-hydroxylation sites is 1. The third kappa shape index (κ3) is 5.61. The van der Waals surface area contributed by atoms with Gasteiger partial charge in [0.05, 0.1) is 17.7 Å². The van der Waals surface area contributed by atoms with E-state index in [0.29, 0.717) is 50.0 Å². The van der Waals surface area contributed by atoms with Gasteiger partial charge in [-0.15, -0.1) is 0 Å². The molecule has 0 saturated heterocycles. The molecule has 0 saturated carbocycles. The SMILES string of the molecule is NCc1cccc(-c2cc(COc3ccccc3CC(=O)O)cc3c2ccn3S(=O)(=O)Cc2ccccc2)c1F. The largest absolute Gasteiger partial charge is 0.489 e. The number of ether oxygens (including phenoxy) is 1. The van der Waals surface area contributed by atoms with Crippen molar-refractivity contribution in [1.82, 2.24) is 3.97 Å². The van der Waals surface area contributed by atoms with Crippen LogP contribution in [0.1, 0.15) is 22.3 Å². The van der Waals surface area contributed by atoms with Crippen molar-refractivity contribution in [3.05, 3.63) is 125 Å². The van der Waals surface area contributed by atoms with Crippen molar-refractivity contribution in [3.63, 3.8) is 0 Å². The second kappa shape index (κ2) is 11.3. The summed E-state index contributed by atoms with van der Waals surface area (Å²) in [5.41, 5.74) is 8.98. The van der Waals surface area contributed by atoms with Crippen molar-refractivity contribution in [1.29, 1.82) is 0 Å². The molecule has 1 heterocycles. The number of aliphatic carboxylic acids is 1. The van der Waals surface area contributed by atoms with Gasteiger partial charge < -0.3 is 15.6 Å². The standard InChI is InChI=1S/C31H27FN2O5S/c32-31-24(18-33)10-6-11-26(31)27-15-22(19-39-29-12-5-4-9-23(29)17-30(35)36)16-28-25(27)13-14-34(28)40(37,38)20-21-7-2-1-3-8-21/h1-16H,17-20,33H2,(H,35,36). The molecule has 0 bridgehead atoms. The summed E-state index contributed by atoms with van der Waals surface area (Å²) in [4.78, 5) is 11.3. The molecule has 204 valence electrons. The molecule has 0 aliphatic heterocycles. The number of benzene rings is 4. The molecule has 0 spiro atoms. The fourth-order valence-corrected chi connectivity index (χ4v) is 6.19. The fourth-order valence-electron chi connectivity index (χ4n) is 4.74. The number of hydrogen-bond donors (Lipinski definition) is 2. The Morgan fingerprint density at radius 3 is 2.35 bits per heavy atom. The first-order chi connectivity index (χ1) is 19.3. The lowest BCUT2D eigenvalue weighted by Gasteiger charge is -2.15. The Bertz CT molecular complexity index is 1800. The molecule has 3 N–H and O–H groups in total. The molecule has 9 heteroatoms. The fraction of sp³-hybridized carbons (Fsp3) is 0.129. The molecule has 0 aliphatic rings. The maximum absolute atomic E-state index is 15.5. The summed E-state index contributed by atoms with van der Waals surface area (Å²) in [7, 11) is -3.83. The lowest BCUT2D eigenvalue weighted by atomic mass is 9.97. The van der Waals surface area contributed by atoms with Crippen LogP contribution in [0.4, 0.5) is 4.39 Å². The highest BCUT2D eigenvalue weighted by Crippen LogP contribution is 2.35. The van der Waals surface area contributed by atoms with Gasteiger partial charge in [-0.2, -0.15) is 0 Å². The van der Waals surface area contributed by atoms with Crippen LogP contribution in [0.5, 0.6) is 5.75 Å². The molecule has 0 radical (unpaired) electrons. The Labute approximate surface area is 231 Å². The van der Waals surface area contributed by atoms with E-state index in [2.05, 4.69) is 0 Å². The van der Waals surface area contributed by atoms with Gasteiger partial charge in [-0.25, -0.2) is 16.8 Å². The normalized spacial score (nSPS) is 11.6. The van der Waals surface area contributed by atoms with Crippen molar-refractivity contribution in [2.45, 2.75) is 25.3 Å². The molecule has 0 aliphatic carbocycles. The average molecular weight is 559 g/mol. The second-order valence-corrected chi connectivity index (χ2v) is 11.2. The van der Waals surface area contributed by atoms with Crippen molar-refractivity contribution in [2.75, 3.05) is 0 Å². The Hall–Kier alpha value is -4.47. The second-order valence-electron chi connectivity index (χ2n) is 9.38. The van der Waals surface area contributed by atoms with Crippen molar-refractivity contribution >= 4 is 26.9 Å². The minimum Gasteiger partial charge on any atom is -0.489 e. The van der Waals surface area contributed by atoms with Gasteiger partial charge in [0.25, 0.3) is 0 Å². The van der Waals surface area contributed by atoms with E-state index < -0.39 is 21.8 Å². The van der Waals surface area contributed by atoms with Gasteiger partial charge in [0.15, 0.2) is 0 Å². The van der Waals surface area contributed by atoms with E-state index in [9.17, 15) is 18.3 Å². The predicted octanol–water partition coefficient (Wildman–Crippen LogP) is 5.49. The number of nitrogens with zero attached hydrogens (tertiary/aromatic N) is 1. The lowest BCUT2D eigenvalue weighted by Crippen LogP contribution is -2.14. The molecular formula is C31H27FN2O5S. The predicted molar refractivity (Wildman–Crippen MR) is 152 cm³/mol. The topological polar surface area (TPSA) is 112 Å².